The van der Waals surface area contributed by atoms with Crippen LogP contribution in [0.15, 0.2) is 54.6 Å². The van der Waals surface area contributed by atoms with Gasteiger partial charge in [-0.3, -0.25) is 30.3 Å². The molecular formula is C21H14FN3O11. The molecule has 0 radical (unpaired) electrons. The van der Waals surface area contributed by atoms with Crippen molar-refractivity contribution >= 4 is 29.0 Å². The van der Waals surface area contributed by atoms with Crippen LogP contribution >= 0.6 is 0 Å². The van der Waals surface area contributed by atoms with Gasteiger partial charge >= 0.3 is 11.9 Å². The fraction of sp³-hybridized carbons (Fsp3) is 0.0476. The van der Waals surface area contributed by atoms with E-state index in [0.717, 1.165) is 24.3 Å². The van der Waals surface area contributed by atoms with Crippen LogP contribution in [0, 0.1) is 43.1 Å². The van der Waals surface area contributed by atoms with Crippen LogP contribution in [0.5, 0.6) is 11.5 Å². The first-order valence-corrected chi connectivity index (χ1v) is 9.43. The summed E-state index contributed by atoms with van der Waals surface area (Å²) in [5, 5.41) is 49.3. The predicted molar refractivity (Wildman–Crippen MR) is 118 cm³/mol. The fourth-order valence-electron chi connectivity index (χ4n) is 2.69. The van der Waals surface area contributed by atoms with Crippen molar-refractivity contribution in [1.82, 2.24) is 0 Å². The Hall–Kier alpha value is -5.47. The Bertz CT molecular complexity index is 1390. The van der Waals surface area contributed by atoms with Crippen LogP contribution in [0.1, 0.15) is 26.3 Å². The van der Waals surface area contributed by atoms with Gasteiger partial charge in [-0.05, 0) is 36.8 Å². The SMILES string of the molecule is Cc1ccc([N+](=O)[O-])cc1Oc1ccc([N+](=O)[O-])c(C(=O)O)c1.O=C(O)c1cc(F)ccc1[N+](=O)[O-]. The molecule has 0 aromatic heterocycles. The zero-order valence-electron chi connectivity index (χ0n) is 18.0. The predicted octanol–water partition coefficient (Wildman–Crippen LogP) is 4.73. The number of aryl methyl sites for hydroxylation is 1. The lowest BCUT2D eigenvalue weighted by molar-refractivity contribution is -0.385. The molecule has 0 fully saturated rings. The Morgan fingerprint density at radius 1 is 0.778 bits per heavy atom. The van der Waals surface area contributed by atoms with Gasteiger partial charge in [0.1, 0.15) is 28.4 Å². The van der Waals surface area contributed by atoms with Gasteiger partial charge in [-0.25, -0.2) is 14.0 Å². The third-order valence-electron chi connectivity index (χ3n) is 4.39. The Balaban J connectivity index is 0.000000297. The van der Waals surface area contributed by atoms with Crippen molar-refractivity contribution in [3.63, 3.8) is 0 Å². The van der Waals surface area contributed by atoms with Crippen molar-refractivity contribution in [3.05, 3.63) is 107 Å². The van der Waals surface area contributed by atoms with Crippen LogP contribution in [-0.2, 0) is 0 Å². The molecule has 2 N–H and O–H groups in total. The first-order chi connectivity index (χ1) is 16.8. The van der Waals surface area contributed by atoms with Crippen molar-refractivity contribution in [2.24, 2.45) is 0 Å². The minimum atomic E-state index is -1.52. The lowest BCUT2D eigenvalue weighted by Crippen LogP contribution is -2.03. The van der Waals surface area contributed by atoms with E-state index in [0.29, 0.717) is 11.6 Å². The summed E-state index contributed by atoms with van der Waals surface area (Å²) in [6.07, 6.45) is 0. The van der Waals surface area contributed by atoms with Crippen LogP contribution < -0.4 is 4.74 Å². The summed E-state index contributed by atoms with van der Waals surface area (Å²) in [6.45, 7) is 1.66. The molecule has 186 valence electrons. The Kier molecular flexibility index (Phi) is 8.26. The first-order valence-electron chi connectivity index (χ1n) is 9.43. The summed E-state index contributed by atoms with van der Waals surface area (Å²) < 4.78 is 17.9. The lowest BCUT2D eigenvalue weighted by atomic mass is 10.1. The zero-order chi connectivity index (χ0) is 27.2. The van der Waals surface area contributed by atoms with Gasteiger partial charge in [-0.15, -0.1) is 0 Å². The van der Waals surface area contributed by atoms with Crippen molar-refractivity contribution in [2.75, 3.05) is 0 Å². The molecular weight excluding hydrogens is 489 g/mol. The standard InChI is InChI=1S/C14H10N2O7.C7H4FNO4/c1-8-2-3-9(15(19)20)6-13(8)23-10-4-5-12(16(21)22)11(7-10)14(17)18;8-4-1-2-6(9(12)13)5(3-4)7(10)11/h2-7H,1H3,(H,17,18);1-3H,(H,10,11). The van der Waals surface area contributed by atoms with Gasteiger partial charge in [0.2, 0.25) is 0 Å². The largest absolute Gasteiger partial charge is 0.477 e. The average Bonchev–Trinajstić information content (AvgIpc) is 2.80. The molecule has 3 aromatic carbocycles. The summed E-state index contributed by atoms with van der Waals surface area (Å²) in [6, 6.07) is 9.48. The molecule has 0 amide bonds. The number of carboxylic acid groups (broad SMARTS) is 2. The van der Waals surface area contributed by atoms with E-state index in [1.165, 1.54) is 24.3 Å². The number of nitro benzene ring substituents is 3. The number of nitro groups is 3. The van der Waals surface area contributed by atoms with Gasteiger partial charge in [0.15, 0.2) is 0 Å². The van der Waals surface area contributed by atoms with Crippen molar-refractivity contribution in [1.29, 1.82) is 0 Å². The van der Waals surface area contributed by atoms with Crippen LogP contribution in [0.2, 0.25) is 0 Å². The molecule has 0 heterocycles. The highest BCUT2D eigenvalue weighted by molar-refractivity contribution is 5.93. The van der Waals surface area contributed by atoms with Crippen molar-refractivity contribution < 1.29 is 43.7 Å². The van der Waals surface area contributed by atoms with E-state index in [1.54, 1.807) is 6.92 Å². The summed E-state index contributed by atoms with van der Waals surface area (Å²) in [7, 11) is 0. The molecule has 0 atom stereocenters. The Labute approximate surface area is 199 Å². The summed E-state index contributed by atoms with van der Waals surface area (Å²) in [4.78, 5) is 51.1. The molecule has 3 aromatic rings. The fourth-order valence-corrected chi connectivity index (χ4v) is 2.69. The number of carboxylic acids is 2. The smallest absolute Gasteiger partial charge is 0.342 e. The molecule has 0 aliphatic heterocycles. The van der Waals surface area contributed by atoms with E-state index >= 15 is 0 Å². The third-order valence-corrected chi connectivity index (χ3v) is 4.39. The van der Waals surface area contributed by atoms with E-state index in [2.05, 4.69) is 0 Å². The number of benzene rings is 3. The zero-order valence-corrected chi connectivity index (χ0v) is 18.0. The maximum Gasteiger partial charge on any atom is 0.342 e. The van der Waals surface area contributed by atoms with Gasteiger partial charge in [-0.2, -0.15) is 0 Å². The first kappa shape index (κ1) is 26.8. The molecule has 0 bridgehead atoms. The molecule has 0 aliphatic rings. The third kappa shape index (κ3) is 6.53. The van der Waals surface area contributed by atoms with Gasteiger partial charge in [-0.1, -0.05) is 0 Å². The molecule has 0 saturated heterocycles. The molecule has 14 nitrogen and oxygen atoms in total. The number of aromatic carboxylic acids is 2. The van der Waals surface area contributed by atoms with E-state index in [4.69, 9.17) is 14.9 Å². The average molecular weight is 503 g/mol. The van der Waals surface area contributed by atoms with Gasteiger partial charge in [0.05, 0.1) is 20.8 Å². The number of carbonyl (C=O) groups is 2. The molecule has 0 unspecified atom stereocenters. The van der Waals surface area contributed by atoms with Gasteiger partial charge in [0, 0.05) is 24.3 Å². The summed E-state index contributed by atoms with van der Waals surface area (Å²) in [5.41, 5.74) is -1.97. The van der Waals surface area contributed by atoms with E-state index in [1.807, 2.05) is 0 Å². The van der Waals surface area contributed by atoms with Gasteiger partial charge < -0.3 is 14.9 Å². The molecule has 0 saturated carbocycles. The summed E-state index contributed by atoms with van der Waals surface area (Å²) >= 11 is 0. The minimum absolute atomic E-state index is 0.0246. The maximum atomic E-state index is 12.5. The highest BCUT2D eigenvalue weighted by Crippen LogP contribution is 2.31. The molecule has 0 aliphatic carbocycles. The van der Waals surface area contributed by atoms with Crippen molar-refractivity contribution in [3.8, 4) is 11.5 Å². The van der Waals surface area contributed by atoms with Crippen LogP contribution in [0.3, 0.4) is 0 Å². The number of halogens is 1. The minimum Gasteiger partial charge on any atom is -0.477 e. The van der Waals surface area contributed by atoms with E-state index in [9.17, 15) is 44.3 Å². The highest BCUT2D eigenvalue weighted by Gasteiger charge is 2.21. The monoisotopic (exact) mass is 503 g/mol. The lowest BCUT2D eigenvalue weighted by Gasteiger charge is -2.09. The molecule has 15 heteroatoms. The second-order valence-electron chi connectivity index (χ2n) is 6.77. The molecule has 36 heavy (non-hydrogen) atoms. The molecule has 0 spiro atoms. The quantitative estimate of drug-likeness (QED) is 0.332. The number of hydrogen-bond acceptors (Lipinski definition) is 9. The topological polar surface area (TPSA) is 213 Å². The van der Waals surface area contributed by atoms with Gasteiger partial charge in [0.25, 0.3) is 17.1 Å². The van der Waals surface area contributed by atoms with Crippen LogP contribution in [-0.4, -0.2) is 36.9 Å². The Morgan fingerprint density at radius 2 is 1.31 bits per heavy atom. The number of hydrogen-bond donors (Lipinski definition) is 2. The number of rotatable bonds is 7. The second kappa shape index (κ2) is 11.1. The number of non-ortho nitro benzene ring substituents is 1. The summed E-state index contributed by atoms with van der Waals surface area (Å²) in [5.74, 6) is -3.63. The highest BCUT2D eigenvalue weighted by atomic mass is 19.1. The maximum absolute atomic E-state index is 12.5. The van der Waals surface area contributed by atoms with Crippen LogP contribution in [0.4, 0.5) is 21.5 Å². The van der Waals surface area contributed by atoms with Crippen molar-refractivity contribution in [2.45, 2.75) is 6.92 Å². The number of nitrogens with zero attached hydrogens (tertiary/aromatic N) is 3. The molecule has 3 rings (SSSR count). The second-order valence-corrected chi connectivity index (χ2v) is 6.77. The normalized spacial score (nSPS) is 9.94. The van der Waals surface area contributed by atoms with Crippen LogP contribution in [0.25, 0.3) is 0 Å². The van der Waals surface area contributed by atoms with E-state index < -0.39 is 55.0 Å². The number of ether oxygens (including phenoxy) is 1. The van der Waals surface area contributed by atoms with E-state index in [-0.39, 0.29) is 17.2 Å². The Morgan fingerprint density at radius 3 is 1.81 bits per heavy atom.